The van der Waals surface area contributed by atoms with Gasteiger partial charge in [0.25, 0.3) is 5.95 Å². The maximum Gasteiger partial charge on any atom is 0.256 e. The summed E-state index contributed by atoms with van der Waals surface area (Å²) in [6, 6.07) is 2.38. The topological polar surface area (TPSA) is 156 Å². The fourth-order valence-electron chi connectivity index (χ4n) is 5.11. The van der Waals surface area contributed by atoms with Crippen molar-refractivity contribution in [1.82, 2.24) is 39.8 Å². The molecule has 2 saturated carbocycles. The van der Waals surface area contributed by atoms with Crippen molar-refractivity contribution >= 4 is 34.2 Å². The summed E-state index contributed by atoms with van der Waals surface area (Å²) in [4.78, 5) is 26.6. The predicted octanol–water partition coefficient (Wildman–Crippen LogP) is 0.345. The second kappa shape index (κ2) is 7.25. The van der Waals surface area contributed by atoms with Gasteiger partial charge in [0.05, 0.1) is 35.0 Å². The number of aliphatic hydroxyl groups excluding tert-OH is 2. The van der Waals surface area contributed by atoms with Crippen LogP contribution in [0.2, 0.25) is 0 Å². The molecule has 1 amide bonds. The number of nitrogens with zero attached hydrogens (tertiary/aromatic N) is 7. The van der Waals surface area contributed by atoms with Crippen LogP contribution < -0.4 is 10.6 Å². The lowest BCUT2D eigenvalue weighted by Crippen LogP contribution is -2.41. The van der Waals surface area contributed by atoms with Crippen molar-refractivity contribution in [2.24, 2.45) is 11.3 Å². The number of carbonyl (C=O) groups is 1. The van der Waals surface area contributed by atoms with Crippen LogP contribution in [0.1, 0.15) is 12.5 Å². The Bertz CT molecular complexity index is 1430. The van der Waals surface area contributed by atoms with Gasteiger partial charge in [0.15, 0.2) is 22.1 Å². The number of nitrogens with one attached hydrogen (secondary N) is 2. The molecule has 2 aliphatic carbocycles. The SMILES string of the molecule is CNC(=O)[C@]12CC1[C@@H](n1cnc3c(NC)nc(-n4cc(-c5ccc(F)s5)nn4)nc31)[C@H](O)C2O. The number of amides is 1. The Morgan fingerprint density at radius 3 is 2.82 bits per heavy atom. The molecule has 6 rings (SSSR count). The number of aliphatic hydroxyl groups is 2. The van der Waals surface area contributed by atoms with Gasteiger partial charge in [-0.3, -0.25) is 4.79 Å². The summed E-state index contributed by atoms with van der Waals surface area (Å²) >= 11 is 0.955. The molecular weight excluding hydrogens is 465 g/mol. The molecule has 0 bridgehead atoms. The number of halogens is 1. The van der Waals surface area contributed by atoms with Crippen LogP contribution >= 0.6 is 11.3 Å². The Morgan fingerprint density at radius 1 is 1.29 bits per heavy atom. The highest BCUT2D eigenvalue weighted by molar-refractivity contribution is 7.13. The quantitative estimate of drug-likeness (QED) is 0.313. The summed E-state index contributed by atoms with van der Waals surface area (Å²) in [5.41, 5.74) is 0.324. The molecule has 0 radical (unpaired) electrons. The fourth-order valence-corrected chi connectivity index (χ4v) is 5.79. The molecule has 2 aliphatic rings. The first-order valence-electron chi connectivity index (χ1n) is 10.6. The third kappa shape index (κ3) is 2.75. The molecule has 12 nitrogen and oxygen atoms in total. The van der Waals surface area contributed by atoms with Gasteiger partial charge in [-0.2, -0.15) is 19.0 Å². The average molecular weight is 486 g/mol. The van der Waals surface area contributed by atoms with Gasteiger partial charge in [0.2, 0.25) is 5.91 Å². The molecule has 0 aliphatic heterocycles. The molecular formula is C20H20FN9O3S. The van der Waals surface area contributed by atoms with Crippen LogP contribution in [0.4, 0.5) is 10.2 Å². The van der Waals surface area contributed by atoms with Crippen LogP contribution in [0, 0.1) is 16.5 Å². The number of carbonyl (C=O) groups excluding carboxylic acids is 1. The van der Waals surface area contributed by atoms with Gasteiger partial charge in [-0.05, 0) is 18.6 Å². The standard InChI is InChI=1S/C20H20FN9O3S/c1-22-16-12-17(26-19(25-16)30-6-9(27-28-30)10-3-4-11(21)34-10)29(7-24-12)13-8-5-20(8,18(33)23-2)15(32)14(13)31/h3-4,6-8,13-15,31-32H,5H2,1-2H3,(H,23,33)(H,22,25,26)/t8?,13-,14+,15?,20-/m1/s1. The number of imidazole rings is 1. The van der Waals surface area contributed by atoms with Crippen LogP contribution in [0.3, 0.4) is 0 Å². The minimum absolute atomic E-state index is 0.191. The lowest BCUT2D eigenvalue weighted by atomic mass is 9.98. The Kier molecular flexibility index (Phi) is 4.49. The minimum atomic E-state index is -1.20. The van der Waals surface area contributed by atoms with E-state index >= 15 is 0 Å². The lowest BCUT2D eigenvalue weighted by molar-refractivity contribution is -0.132. The van der Waals surface area contributed by atoms with E-state index in [1.807, 2.05) is 0 Å². The van der Waals surface area contributed by atoms with E-state index in [1.54, 1.807) is 23.9 Å². The number of fused-ring (bicyclic) bond motifs is 2. The second-order valence-corrected chi connectivity index (χ2v) is 9.49. The van der Waals surface area contributed by atoms with Gasteiger partial charge in [-0.1, -0.05) is 5.21 Å². The molecule has 176 valence electrons. The molecule has 4 N–H and O–H groups in total. The van der Waals surface area contributed by atoms with Crippen LogP contribution in [0.25, 0.3) is 27.7 Å². The number of rotatable bonds is 5. The van der Waals surface area contributed by atoms with Crippen molar-refractivity contribution in [3.8, 4) is 16.5 Å². The molecule has 4 aromatic heterocycles. The highest BCUT2D eigenvalue weighted by atomic mass is 32.1. The zero-order valence-corrected chi connectivity index (χ0v) is 18.9. The van der Waals surface area contributed by atoms with Gasteiger partial charge < -0.3 is 25.4 Å². The van der Waals surface area contributed by atoms with Crippen molar-refractivity contribution in [2.75, 3.05) is 19.4 Å². The number of thiophene rings is 1. The van der Waals surface area contributed by atoms with Crippen molar-refractivity contribution in [1.29, 1.82) is 0 Å². The molecule has 14 heteroatoms. The van der Waals surface area contributed by atoms with Crippen molar-refractivity contribution in [3.05, 3.63) is 29.8 Å². The summed E-state index contributed by atoms with van der Waals surface area (Å²) in [6.45, 7) is 0. The van der Waals surface area contributed by atoms with Gasteiger partial charge in [0, 0.05) is 20.0 Å². The van der Waals surface area contributed by atoms with E-state index < -0.39 is 23.7 Å². The summed E-state index contributed by atoms with van der Waals surface area (Å²) in [5, 5.41) is 35.0. The Hall–Kier alpha value is -3.49. The van der Waals surface area contributed by atoms with Crippen molar-refractivity contribution in [3.63, 3.8) is 0 Å². The lowest BCUT2D eigenvalue weighted by Gasteiger charge is -2.23. The molecule has 0 spiro atoms. The molecule has 2 unspecified atom stereocenters. The largest absolute Gasteiger partial charge is 0.389 e. The third-order valence-electron chi connectivity index (χ3n) is 6.81. The summed E-state index contributed by atoms with van der Waals surface area (Å²) < 4.78 is 16.5. The maximum absolute atomic E-state index is 13.4. The first kappa shape index (κ1) is 21.1. The monoisotopic (exact) mass is 485 g/mol. The van der Waals surface area contributed by atoms with E-state index in [2.05, 4.69) is 35.9 Å². The molecule has 5 atom stereocenters. The molecule has 4 aromatic rings. The van der Waals surface area contributed by atoms with Crippen LogP contribution in [-0.2, 0) is 4.79 Å². The van der Waals surface area contributed by atoms with E-state index in [9.17, 15) is 19.4 Å². The third-order valence-corrected chi connectivity index (χ3v) is 7.71. The van der Waals surface area contributed by atoms with E-state index in [0.29, 0.717) is 34.0 Å². The van der Waals surface area contributed by atoms with E-state index in [-0.39, 0.29) is 22.9 Å². The normalized spacial score (nSPS) is 27.7. The minimum Gasteiger partial charge on any atom is -0.389 e. The van der Waals surface area contributed by atoms with E-state index in [0.717, 1.165) is 11.3 Å². The smallest absolute Gasteiger partial charge is 0.256 e. The molecule has 0 saturated heterocycles. The summed E-state index contributed by atoms with van der Waals surface area (Å²) in [6.07, 6.45) is 1.21. The van der Waals surface area contributed by atoms with Gasteiger partial charge in [0.1, 0.15) is 11.8 Å². The number of hydrogen-bond donors (Lipinski definition) is 4. The zero-order chi connectivity index (χ0) is 23.8. The number of anilines is 1. The van der Waals surface area contributed by atoms with Crippen LogP contribution in [-0.4, -0.2) is 76.9 Å². The Balaban J connectivity index is 1.43. The highest BCUT2D eigenvalue weighted by Crippen LogP contribution is 2.67. The second-order valence-electron chi connectivity index (χ2n) is 8.45. The van der Waals surface area contributed by atoms with Gasteiger partial charge in [-0.25, -0.2) is 4.98 Å². The molecule has 2 fully saturated rings. The summed E-state index contributed by atoms with van der Waals surface area (Å²) in [5.74, 6) is 0.0653. The van der Waals surface area contributed by atoms with Crippen LogP contribution in [0.15, 0.2) is 24.7 Å². The number of hydrogen-bond acceptors (Lipinski definition) is 10. The van der Waals surface area contributed by atoms with E-state index in [1.165, 1.54) is 24.1 Å². The fraction of sp³-hybridized carbons (Fsp3) is 0.400. The average Bonchev–Trinajstić information content (AvgIpc) is 3.26. The first-order chi connectivity index (χ1) is 16.4. The van der Waals surface area contributed by atoms with Crippen molar-refractivity contribution < 1.29 is 19.4 Å². The Labute approximate surface area is 195 Å². The Morgan fingerprint density at radius 2 is 2.12 bits per heavy atom. The predicted molar refractivity (Wildman–Crippen MR) is 119 cm³/mol. The van der Waals surface area contributed by atoms with Gasteiger partial charge >= 0.3 is 0 Å². The molecule has 34 heavy (non-hydrogen) atoms. The molecule has 0 aromatic carbocycles. The first-order valence-corrected chi connectivity index (χ1v) is 11.4. The van der Waals surface area contributed by atoms with Crippen molar-refractivity contribution in [2.45, 2.75) is 24.7 Å². The zero-order valence-electron chi connectivity index (χ0n) is 18.0. The number of aromatic nitrogens is 7. The maximum atomic E-state index is 13.4. The summed E-state index contributed by atoms with van der Waals surface area (Å²) in [7, 11) is 3.21. The van der Waals surface area contributed by atoms with E-state index in [4.69, 9.17) is 0 Å². The highest BCUT2D eigenvalue weighted by Gasteiger charge is 2.75. The van der Waals surface area contributed by atoms with Crippen LogP contribution in [0.5, 0.6) is 0 Å². The molecule has 4 heterocycles. The van der Waals surface area contributed by atoms with Gasteiger partial charge in [-0.15, -0.1) is 16.4 Å².